The molecular formula is C16H15N3O4S. The molecule has 1 amide bonds. The van der Waals surface area contributed by atoms with E-state index in [2.05, 4.69) is 10.3 Å². The Morgan fingerprint density at radius 2 is 1.92 bits per heavy atom. The van der Waals surface area contributed by atoms with E-state index in [0.29, 0.717) is 11.4 Å². The average Bonchev–Trinajstić information content (AvgIpc) is 2.98. The average molecular weight is 345 g/mol. The van der Waals surface area contributed by atoms with Crippen LogP contribution >= 0.6 is 0 Å². The van der Waals surface area contributed by atoms with Crippen LogP contribution in [-0.2, 0) is 10.0 Å². The topological polar surface area (TPSA) is 114 Å². The van der Waals surface area contributed by atoms with Gasteiger partial charge in [-0.15, -0.1) is 0 Å². The van der Waals surface area contributed by atoms with Gasteiger partial charge in [-0.25, -0.2) is 13.6 Å². The summed E-state index contributed by atoms with van der Waals surface area (Å²) in [6.45, 7) is 0. The highest BCUT2D eigenvalue weighted by Crippen LogP contribution is 2.27. The molecule has 3 rings (SSSR count). The third-order valence-corrected chi connectivity index (χ3v) is 4.43. The Balaban J connectivity index is 1.95. The highest BCUT2D eigenvalue weighted by molar-refractivity contribution is 7.89. The molecule has 0 radical (unpaired) electrons. The van der Waals surface area contributed by atoms with Crippen LogP contribution in [0.1, 0.15) is 10.5 Å². The molecule has 0 aliphatic rings. The van der Waals surface area contributed by atoms with Crippen LogP contribution in [0.3, 0.4) is 0 Å². The molecule has 124 valence electrons. The maximum absolute atomic E-state index is 12.4. The number of benzene rings is 2. The van der Waals surface area contributed by atoms with E-state index in [1.165, 1.54) is 25.3 Å². The number of fused-ring (bicyclic) bond motifs is 1. The summed E-state index contributed by atoms with van der Waals surface area (Å²) < 4.78 is 28.1. The van der Waals surface area contributed by atoms with Gasteiger partial charge in [-0.2, -0.15) is 0 Å². The number of hydrogen-bond acceptors (Lipinski definition) is 4. The number of nitrogens with two attached hydrogens (primary N) is 1. The summed E-state index contributed by atoms with van der Waals surface area (Å²) in [6, 6.07) is 13.2. The van der Waals surface area contributed by atoms with Gasteiger partial charge in [-0.1, -0.05) is 18.2 Å². The summed E-state index contributed by atoms with van der Waals surface area (Å²) in [7, 11) is -2.46. The standard InChI is InChI=1S/C16H15N3O4S/c1-23-15-7-6-11(24(17,21)22)9-13(15)19-16(20)14-8-10-4-2-3-5-12(10)18-14/h2-9,18H,1H3,(H,19,20)(H2,17,21,22). The van der Waals surface area contributed by atoms with Gasteiger partial charge >= 0.3 is 0 Å². The van der Waals surface area contributed by atoms with Gasteiger partial charge in [0.1, 0.15) is 11.4 Å². The number of primary sulfonamides is 1. The van der Waals surface area contributed by atoms with E-state index in [1.807, 2.05) is 24.3 Å². The molecule has 7 nitrogen and oxygen atoms in total. The quantitative estimate of drug-likeness (QED) is 0.671. The second-order valence-corrected chi connectivity index (χ2v) is 6.69. The number of carbonyl (C=O) groups excluding carboxylic acids is 1. The summed E-state index contributed by atoms with van der Waals surface area (Å²) >= 11 is 0. The second-order valence-electron chi connectivity index (χ2n) is 5.13. The van der Waals surface area contributed by atoms with Gasteiger partial charge in [-0.05, 0) is 30.3 Å². The van der Waals surface area contributed by atoms with Crippen LogP contribution in [0.2, 0.25) is 0 Å². The number of sulfonamides is 1. The summed E-state index contributed by atoms with van der Waals surface area (Å²) in [5.74, 6) is -0.0945. The first-order chi connectivity index (χ1) is 11.4. The minimum atomic E-state index is -3.89. The predicted octanol–water partition coefficient (Wildman–Crippen LogP) is 2.08. The van der Waals surface area contributed by atoms with Crippen molar-refractivity contribution in [2.24, 2.45) is 5.14 Å². The van der Waals surface area contributed by atoms with Crippen molar-refractivity contribution in [3.8, 4) is 5.75 Å². The smallest absolute Gasteiger partial charge is 0.272 e. The normalized spacial score (nSPS) is 11.4. The van der Waals surface area contributed by atoms with Crippen molar-refractivity contribution in [1.29, 1.82) is 0 Å². The molecule has 0 atom stereocenters. The van der Waals surface area contributed by atoms with E-state index >= 15 is 0 Å². The first kappa shape index (κ1) is 16.0. The van der Waals surface area contributed by atoms with Crippen molar-refractivity contribution < 1.29 is 17.9 Å². The molecule has 0 fully saturated rings. The van der Waals surface area contributed by atoms with Gasteiger partial charge in [0.2, 0.25) is 10.0 Å². The number of methoxy groups -OCH3 is 1. The number of rotatable bonds is 4. The molecule has 0 aliphatic carbocycles. The van der Waals surface area contributed by atoms with Crippen molar-refractivity contribution in [2.75, 3.05) is 12.4 Å². The number of amides is 1. The van der Waals surface area contributed by atoms with Crippen LogP contribution in [0.5, 0.6) is 5.75 Å². The molecule has 0 bridgehead atoms. The zero-order valence-electron chi connectivity index (χ0n) is 12.7. The van der Waals surface area contributed by atoms with Gasteiger partial charge < -0.3 is 15.0 Å². The number of nitrogens with one attached hydrogen (secondary N) is 2. The molecule has 3 aromatic rings. The summed E-state index contributed by atoms with van der Waals surface area (Å²) in [5, 5.41) is 8.65. The summed E-state index contributed by atoms with van der Waals surface area (Å²) in [6.07, 6.45) is 0. The molecule has 1 aromatic heterocycles. The Morgan fingerprint density at radius 3 is 2.58 bits per heavy atom. The number of carbonyl (C=O) groups is 1. The fourth-order valence-corrected chi connectivity index (χ4v) is 2.89. The highest BCUT2D eigenvalue weighted by Gasteiger charge is 2.16. The largest absolute Gasteiger partial charge is 0.495 e. The lowest BCUT2D eigenvalue weighted by Gasteiger charge is -2.11. The fraction of sp³-hybridized carbons (Fsp3) is 0.0625. The van der Waals surface area contributed by atoms with Gasteiger partial charge in [0.25, 0.3) is 5.91 Å². The van der Waals surface area contributed by atoms with Crippen LogP contribution in [0, 0.1) is 0 Å². The van der Waals surface area contributed by atoms with Crippen LogP contribution in [-0.4, -0.2) is 26.4 Å². The predicted molar refractivity (Wildman–Crippen MR) is 90.6 cm³/mol. The van der Waals surface area contributed by atoms with Crippen molar-refractivity contribution in [1.82, 2.24) is 4.98 Å². The second kappa shape index (κ2) is 5.99. The first-order valence-electron chi connectivity index (χ1n) is 6.98. The zero-order valence-corrected chi connectivity index (χ0v) is 13.6. The molecule has 0 unspecified atom stereocenters. The lowest BCUT2D eigenvalue weighted by atomic mass is 10.2. The third kappa shape index (κ3) is 3.10. The molecule has 2 aromatic carbocycles. The highest BCUT2D eigenvalue weighted by atomic mass is 32.2. The summed E-state index contributed by atoms with van der Waals surface area (Å²) in [4.78, 5) is 15.3. The maximum atomic E-state index is 12.4. The van der Waals surface area contributed by atoms with Crippen molar-refractivity contribution >= 4 is 32.5 Å². The van der Waals surface area contributed by atoms with E-state index in [1.54, 1.807) is 6.07 Å². The lowest BCUT2D eigenvalue weighted by Crippen LogP contribution is -2.15. The van der Waals surface area contributed by atoms with Crippen LogP contribution in [0.15, 0.2) is 53.4 Å². The van der Waals surface area contributed by atoms with Crippen molar-refractivity contribution in [3.05, 3.63) is 54.2 Å². The Morgan fingerprint density at radius 1 is 1.17 bits per heavy atom. The van der Waals surface area contributed by atoms with E-state index in [-0.39, 0.29) is 10.6 Å². The van der Waals surface area contributed by atoms with Crippen molar-refractivity contribution in [2.45, 2.75) is 4.90 Å². The van der Waals surface area contributed by atoms with E-state index in [0.717, 1.165) is 10.9 Å². The number of para-hydroxylation sites is 1. The number of H-pyrrole nitrogens is 1. The SMILES string of the molecule is COc1ccc(S(N)(=O)=O)cc1NC(=O)c1cc2ccccc2[nH]1. The van der Waals surface area contributed by atoms with Gasteiger partial charge in [0.05, 0.1) is 17.7 Å². The van der Waals surface area contributed by atoms with Gasteiger partial charge in [0.15, 0.2) is 0 Å². The van der Waals surface area contributed by atoms with E-state index < -0.39 is 15.9 Å². The van der Waals surface area contributed by atoms with Crippen molar-refractivity contribution in [3.63, 3.8) is 0 Å². The number of ether oxygens (including phenoxy) is 1. The molecule has 0 saturated heterocycles. The van der Waals surface area contributed by atoms with Crippen LogP contribution < -0.4 is 15.2 Å². The lowest BCUT2D eigenvalue weighted by molar-refractivity contribution is 0.102. The van der Waals surface area contributed by atoms with E-state index in [4.69, 9.17) is 9.88 Å². The number of hydrogen-bond donors (Lipinski definition) is 3. The van der Waals surface area contributed by atoms with Gasteiger partial charge in [0, 0.05) is 10.9 Å². The first-order valence-corrected chi connectivity index (χ1v) is 8.53. The molecule has 0 saturated carbocycles. The van der Waals surface area contributed by atoms with Crippen LogP contribution in [0.4, 0.5) is 5.69 Å². The van der Waals surface area contributed by atoms with Crippen LogP contribution in [0.25, 0.3) is 10.9 Å². The monoisotopic (exact) mass is 345 g/mol. The van der Waals surface area contributed by atoms with E-state index in [9.17, 15) is 13.2 Å². The minimum Gasteiger partial charge on any atom is -0.495 e. The number of anilines is 1. The molecule has 4 N–H and O–H groups in total. The Bertz CT molecular complexity index is 992. The molecule has 8 heteroatoms. The maximum Gasteiger partial charge on any atom is 0.272 e. The minimum absolute atomic E-state index is 0.116. The fourth-order valence-electron chi connectivity index (χ4n) is 2.35. The number of aromatic amines is 1. The zero-order chi connectivity index (χ0) is 17.3. The Hall–Kier alpha value is -2.84. The Labute approximate surface area is 138 Å². The molecule has 24 heavy (non-hydrogen) atoms. The molecular weight excluding hydrogens is 330 g/mol. The third-order valence-electron chi connectivity index (χ3n) is 3.52. The summed E-state index contributed by atoms with van der Waals surface area (Å²) in [5.41, 5.74) is 1.39. The molecule has 0 aliphatic heterocycles. The molecule has 1 heterocycles. The number of aromatic nitrogens is 1. The Kier molecular flexibility index (Phi) is 4.00. The molecule has 0 spiro atoms. The van der Waals surface area contributed by atoms with Gasteiger partial charge in [-0.3, -0.25) is 4.79 Å².